The SMILES string of the molecule is CCCOC1C(=O)CC1Oc1cccc(F)c1F. The molecule has 1 aromatic carbocycles. The van der Waals surface area contributed by atoms with Crippen molar-refractivity contribution in [3.63, 3.8) is 0 Å². The van der Waals surface area contributed by atoms with Crippen molar-refractivity contribution in [2.45, 2.75) is 32.0 Å². The Morgan fingerprint density at radius 1 is 1.39 bits per heavy atom. The highest BCUT2D eigenvalue weighted by molar-refractivity contribution is 5.90. The molecule has 0 radical (unpaired) electrons. The average Bonchev–Trinajstić information content (AvgIpc) is 2.34. The fraction of sp³-hybridized carbons (Fsp3) is 0.462. The lowest BCUT2D eigenvalue weighted by molar-refractivity contribution is -0.155. The molecular weight excluding hydrogens is 242 g/mol. The zero-order valence-corrected chi connectivity index (χ0v) is 9.99. The van der Waals surface area contributed by atoms with E-state index in [4.69, 9.17) is 9.47 Å². The van der Waals surface area contributed by atoms with E-state index in [1.807, 2.05) is 6.92 Å². The number of rotatable bonds is 5. The molecule has 0 amide bonds. The number of halogens is 2. The smallest absolute Gasteiger partial charge is 0.200 e. The Balaban J connectivity index is 2.01. The van der Waals surface area contributed by atoms with Gasteiger partial charge in [-0.25, -0.2) is 4.39 Å². The first-order valence-corrected chi connectivity index (χ1v) is 5.88. The van der Waals surface area contributed by atoms with E-state index in [1.54, 1.807) is 0 Å². The first kappa shape index (κ1) is 13.0. The third kappa shape index (κ3) is 2.51. The van der Waals surface area contributed by atoms with Crippen LogP contribution in [-0.4, -0.2) is 24.6 Å². The van der Waals surface area contributed by atoms with Crippen LogP contribution in [0.25, 0.3) is 0 Å². The molecule has 0 N–H and O–H groups in total. The Morgan fingerprint density at radius 3 is 2.83 bits per heavy atom. The Hall–Kier alpha value is -1.49. The van der Waals surface area contributed by atoms with E-state index < -0.39 is 23.8 Å². The van der Waals surface area contributed by atoms with Crippen LogP contribution in [0.3, 0.4) is 0 Å². The summed E-state index contributed by atoms with van der Waals surface area (Å²) in [5.74, 6) is -2.25. The summed E-state index contributed by atoms with van der Waals surface area (Å²) in [6, 6.07) is 3.70. The fourth-order valence-corrected chi connectivity index (χ4v) is 1.75. The van der Waals surface area contributed by atoms with Crippen LogP contribution in [0.1, 0.15) is 19.8 Å². The molecule has 1 aromatic rings. The van der Waals surface area contributed by atoms with Gasteiger partial charge in [0.25, 0.3) is 0 Å². The average molecular weight is 256 g/mol. The molecule has 1 fully saturated rings. The second-order valence-corrected chi connectivity index (χ2v) is 4.17. The van der Waals surface area contributed by atoms with Crippen molar-refractivity contribution in [2.75, 3.05) is 6.61 Å². The van der Waals surface area contributed by atoms with Crippen LogP contribution in [0, 0.1) is 11.6 Å². The summed E-state index contributed by atoms with van der Waals surface area (Å²) in [5.41, 5.74) is 0. The van der Waals surface area contributed by atoms with Gasteiger partial charge in [-0.15, -0.1) is 0 Å². The number of ketones is 1. The third-order valence-corrected chi connectivity index (χ3v) is 2.75. The molecule has 2 unspecified atom stereocenters. The molecule has 1 aliphatic carbocycles. The van der Waals surface area contributed by atoms with Gasteiger partial charge < -0.3 is 9.47 Å². The highest BCUT2D eigenvalue weighted by Crippen LogP contribution is 2.28. The summed E-state index contributed by atoms with van der Waals surface area (Å²) in [4.78, 5) is 11.3. The molecule has 5 heteroatoms. The van der Waals surface area contributed by atoms with Crippen LogP contribution in [0.15, 0.2) is 18.2 Å². The van der Waals surface area contributed by atoms with Gasteiger partial charge in [0.1, 0.15) is 6.10 Å². The third-order valence-electron chi connectivity index (χ3n) is 2.75. The standard InChI is InChI=1S/C13H14F2O3/c1-2-6-17-13-9(16)7-11(13)18-10-5-3-4-8(14)12(10)15/h3-5,11,13H,2,6-7H2,1H3. The number of benzene rings is 1. The number of hydrogen-bond acceptors (Lipinski definition) is 3. The van der Waals surface area contributed by atoms with E-state index in [-0.39, 0.29) is 18.0 Å². The molecule has 1 saturated carbocycles. The van der Waals surface area contributed by atoms with E-state index in [1.165, 1.54) is 12.1 Å². The maximum Gasteiger partial charge on any atom is 0.200 e. The lowest BCUT2D eigenvalue weighted by Gasteiger charge is -2.34. The molecule has 98 valence electrons. The Bertz CT molecular complexity index is 448. The number of hydrogen-bond donors (Lipinski definition) is 0. The first-order valence-electron chi connectivity index (χ1n) is 5.88. The predicted octanol–water partition coefficient (Wildman–Crippen LogP) is 2.48. The molecule has 2 rings (SSSR count). The lowest BCUT2D eigenvalue weighted by Crippen LogP contribution is -2.52. The monoisotopic (exact) mass is 256 g/mol. The Morgan fingerprint density at radius 2 is 2.17 bits per heavy atom. The molecule has 2 atom stereocenters. The van der Waals surface area contributed by atoms with Gasteiger partial charge in [0.05, 0.1) is 0 Å². The summed E-state index contributed by atoms with van der Waals surface area (Å²) >= 11 is 0. The van der Waals surface area contributed by atoms with Gasteiger partial charge in [-0.2, -0.15) is 4.39 Å². The summed E-state index contributed by atoms with van der Waals surface area (Å²) < 4.78 is 36.9. The Labute approximate surface area is 104 Å². The number of carbonyl (C=O) groups is 1. The number of carbonyl (C=O) groups excluding carboxylic acids is 1. The molecule has 0 heterocycles. The summed E-state index contributed by atoms with van der Waals surface area (Å²) in [6.07, 6.45) is -0.234. The molecule has 0 aromatic heterocycles. The number of ether oxygens (including phenoxy) is 2. The molecule has 1 aliphatic rings. The van der Waals surface area contributed by atoms with Crippen LogP contribution in [-0.2, 0) is 9.53 Å². The van der Waals surface area contributed by atoms with Crippen molar-refractivity contribution in [3.8, 4) is 5.75 Å². The quantitative estimate of drug-likeness (QED) is 0.812. The van der Waals surface area contributed by atoms with Gasteiger partial charge in [0.2, 0.25) is 5.82 Å². The largest absolute Gasteiger partial charge is 0.484 e. The summed E-state index contributed by atoms with van der Waals surface area (Å²) in [5, 5.41) is 0. The highest BCUT2D eigenvalue weighted by Gasteiger charge is 2.43. The van der Waals surface area contributed by atoms with E-state index in [0.29, 0.717) is 6.61 Å². The lowest BCUT2D eigenvalue weighted by atomic mass is 9.90. The van der Waals surface area contributed by atoms with Crippen LogP contribution in [0.2, 0.25) is 0 Å². The van der Waals surface area contributed by atoms with Gasteiger partial charge in [0, 0.05) is 13.0 Å². The summed E-state index contributed by atoms with van der Waals surface area (Å²) in [7, 11) is 0. The minimum absolute atomic E-state index is 0.0646. The van der Waals surface area contributed by atoms with Crippen molar-refractivity contribution in [1.82, 2.24) is 0 Å². The molecule has 18 heavy (non-hydrogen) atoms. The topological polar surface area (TPSA) is 35.5 Å². The van der Waals surface area contributed by atoms with Crippen LogP contribution < -0.4 is 4.74 Å². The number of Topliss-reactive ketones (excluding diaryl/α,β-unsaturated/α-hetero) is 1. The summed E-state index contributed by atoms with van der Waals surface area (Å²) in [6.45, 7) is 2.37. The van der Waals surface area contributed by atoms with E-state index in [0.717, 1.165) is 12.5 Å². The van der Waals surface area contributed by atoms with Gasteiger partial charge in [0.15, 0.2) is 23.5 Å². The predicted molar refractivity (Wildman–Crippen MR) is 60.4 cm³/mol. The molecule has 3 nitrogen and oxygen atoms in total. The van der Waals surface area contributed by atoms with Crippen molar-refractivity contribution < 1.29 is 23.0 Å². The Kier molecular flexibility index (Phi) is 3.91. The van der Waals surface area contributed by atoms with E-state index >= 15 is 0 Å². The van der Waals surface area contributed by atoms with Crippen molar-refractivity contribution in [2.24, 2.45) is 0 Å². The zero-order valence-electron chi connectivity index (χ0n) is 9.99. The first-order chi connectivity index (χ1) is 8.63. The second-order valence-electron chi connectivity index (χ2n) is 4.17. The minimum atomic E-state index is -1.04. The van der Waals surface area contributed by atoms with Crippen LogP contribution in [0.4, 0.5) is 8.78 Å². The van der Waals surface area contributed by atoms with E-state index in [9.17, 15) is 13.6 Å². The second kappa shape index (κ2) is 5.44. The van der Waals surface area contributed by atoms with Gasteiger partial charge in [-0.3, -0.25) is 4.79 Å². The maximum absolute atomic E-state index is 13.4. The maximum atomic E-state index is 13.4. The zero-order chi connectivity index (χ0) is 13.1. The molecular formula is C13H14F2O3. The van der Waals surface area contributed by atoms with Crippen molar-refractivity contribution >= 4 is 5.78 Å². The van der Waals surface area contributed by atoms with Crippen LogP contribution in [0.5, 0.6) is 5.75 Å². The van der Waals surface area contributed by atoms with Crippen molar-refractivity contribution in [1.29, 1.82) is 0 Å². The van der Waals surface area contributed by atoms with E-state index in [2.05, 4.69) is 0 Å². The van der Waals surface area contributed by atoms with Gasteiger partial charge >= 0.3 is 0 Å². The molecule has 0 aliphatic heterocycles. The van der Waals surface area contributed by atoms with Crippen LogP contribution >= 0.6 is 0 Å². The highest BCUT2D eigenvalue weighted by atomic mass is 19.2. The van der Waals surface area contributed by atoms with Crippen molar-refractivity contribution in [3.05, 3.63) is 29.8 Å². The minimum Gasteiger partial charge on any atom is -0.484 e. The van der Waals surface area contributed by atoms with Gasteiger partial charge in [-0.1, -0.05) is 13.0 Å². The van der Waals surface area contributed by atoms with Gasteiger partial charge in [-0.05, 0) is 18.6 Å². The molecule has 0 spiro atoms. The normalized spacial score (nSPS) is 22.7. The fourth-order valence-electron chi connectivity index (χ4n) is 1.75. The molecule has 0 bridgehead atoms. The molecule has 0 saturated heterocycles.